The van der Waals surface area contributed by atoms with Crippen LogP contribution in [-0.4, -0.2) is 4.98 Å². The molecule has 1 aliphatic rings. The van der Waals surface area contributed by atoms with Gasteiger partial charge in [-0.25, -0.2) is 4.98 Å². The monoisotopic (exact) mass is 252 g/mol. The number of thiazole rings is 1. The Labute approximate surface area is 109 Å². The zero-order valence-electron chi connectivity index (χ0n) is 11.0. The number of hydrogen-bond acceptors (Lipinski definition) is 3. The van der Waals surface area contributed by atoms with Crippen LogP contribution in [0.5, 0.6) is 0 Å². The van der Waals surface area contributed by atoms with Crippen LogP contribution in [0.4, 0.5) is 0 Å². The minimum absolute atomic E-state index is 0.197. The van der Waals surface area contributed by atoms with E-state index in [0.29, 0.717) is 5.92 Å². The molecule has 0 saturated heterocycles. The summed E-state index contributed by atoms with van der Waals surface area (Å²) < 4.78 is 0. The first kappa shape index (κ1) is 13.0. The summed E-state index contributed by atoms with van der Waals surface area (Å²) in [5, 5.41) is 3.39. The summed E-state index contributed by atoms with van der Waals surface area (Å²) in [6.45, 7) is 4.32. The minimum Gasteiger partial charge on any atom is -0.319 e. The Morgan fingerprint density at radius 1 is 1.29 bits per heavy atom. The molecule has 3 heteroatoms. The van der Waals surface area contributed by atoms with E-state index in [-0.39, 0.29) is 5.54 Å². The Hall–Kier alpha value is -0.410. The van der Waals surface area contributed by atoms with Crippen LogP contribution in [0.15, 0.2) is 5.38 Å². The maximum atomic E-state index is 6.41. The highest BCUT2D eigenvalue weighted by atomic mass is 32.1. The number of nitrogens with zero attached hydrogens (tertiary/aromatic N) is 1. The van der Waals surface area contributed by atoms with Crippen LogP contribution in [0.2, 0.25) is 0 Å². The Morgan fingerprint density at radius 2 is 1.94 bits per heavy atom. The predicted octanol–water partition coefficient (Wildman–Crippen LogP) is 4.16. The van der Waals surface area contributed by atoms with E-state index < -0.39 is 0 Å². The van der Waals surface area contributed by atoms with Gasteiger partial charge in [0, 0.05) is 11.3 Å². The summed E-state index contributed by atoms with van der Waals surface area (Å²) in [5.74, 6) is 0.701. The molecular formula is C14H24N2S. The van der Waals surface area contributed by atoms with Gasteiger partial charge in [-0.3, -0.25) is 0 Å². The first-order valence-electron chi connectivity index (χ1n) is 6.94. The lowest BCUT2D eigenvalue weighted by atomic mass is 9.87. The Balaban J connectivity index is 2.14. The van der Waals surface area contributed by atoms with Gasteiger partial charge in [0.05, 0.1) is 11.2 Å². The maximum absolute atomic E-state index is 6.41. The fourth-order valence-electron chi connectivity index (χ4n) is 2.65. The van der Waals surface area contributed by atoms with Gasteiger partial charge < -0.3 is 5.73 Å². The molecule has 96 valence electrons. The van der Waals surface area contributed by atoms with Crippen LogP contribution < -0.4 is 5.73 Å². The molecule has 0 aromatic carbocycles. The van der Waals surface area contributed by atoms with Crippen LogP contribution >= 0.6 is 11.3 Å². The van der Waals surface area contributed by atoms with Crippen LogP contribution in [0.3, 0.4) is 0 Å². The van der Waals surface area contributed by atoms with Gasteiger partial charge in [-0.05, 0) is 25.7 Å². The third-order valence-electron chi connectivity index (χ3n) is 4.23. The van der Waals surface area contributed by atoms with E-state index in [9.17, 15) is 0 Å². The lowest BCUT2D eigenvalue weighted by Crippen LogP contribution is -2.35. The van der Waals surface area contributed by atoms with E-state index >= 15 is 0 Å². The zero-order chi connectivity index (χ0) is 12.3. The molecule has 0 spiro atoms. The summed E-state index contributed by atoms with van der Waals surface area (Å²) in [6, 6.07) is 0. The van der Waals surface area contributed by atoms with Gasteiger partial charge in [-0.2, -0.15) is 0 Å². The molecule has 0 unspecified atom stereocenters. The molecule has 0 bridgehead atoms. The highest BCUT2D eigenvalue weighted by Crippen LogP contribution is 2.36. The van der Waals surface area contributed by atoms with E-state index in [2.05, 4.69) is 19.2 Å². The Morgan fingerprint density at radius 3 is 2.53 bits per heavy atom. The van der Waals surface area contributed by atoms with E-state index in [1.165, 1.54) is 37.8 Å². The average molecular weight is 252 g/mol. The normalized spacial score (nSPS) is 18.5. The molecule has 2 nitrogen and oxygen atoms in total. The van der Waals surface area contributed by atoms with Gasteiger partial charge in [0.15, 0.2) is 0 Å². The van der Waals surface area contributed by atoms with Gasteiger partial charge in [0.1, 0.15) is 5.01 Å². The number of aromatic nitrogens is 1. The van der Waals surface area contributed by atoms with Gasteiger partial charge in [0.25, 0.3) is 0 Å². The summed E-state index contributed by atoms with van der Waals surface area (Å²) >= 11 is 1.76. The van der Waals surface area contributed by atoms with E-state index in [0.717, 1.165) is 17.8 Å². The highest BCUT2D eigenvalue weighted by molar-refractivity contribution is 7.09. The summed E-state index contributed by atoms with van der Waals surface area (Å²) in [5.41, 5.74) is 7.52. The topological polar surface area (TPSA) is 38.9 Å². The first-order chi connectivity index (χ1) is 8.19. The molecule has 1 heterocycles. The van der Waals surface area contributed by atoms with Crippen molar-refractivity contribution >= 4 is 11.3 Å². The van der Waals surface area contributed by atoms with Crippen molar-refractivity contribution in [3.05, 3.63) is 16.1 Å². The second-order valence-electron chi connectivity index (χ2n) is 5.28. The molecule has 1 aromatic rings. The van der Waals surface area contributed by atoms with Crippen molar-refractivity contribution in [2.75, 3.05) is 0 Å². The Kier molecular flexibility index (Phi) is 4.21. The molecule has 1 fully saturated rings. The molecule has 0 aliphatic heterocycles. The summed E-state index contributed by atoms with van der Waals surface area (Å²) in [6.07, 6.45) is 8.72. The lowest BCUT2D eigenvalue weighted by molar-refractivity contribution is 0.403. The third kappa shape index (κ3) is 2.71. The van der Waals surface area contributed by atoms with Crippen LogP contribution in [0.1, 0.15) is 75.4 Å². The molecule has 0 radical (unpaired) electrons. The molecule has 2 N–H and O–H groups in total. The molecular weight excluding hydrogens is 228 g/mol. The van der Waals surface area contributed by atoms with E-state index in [1.807, 2.05) is 0 Å². The lowest BCUT2D eigenvalue weighted by Gasteiger charge is -2.24. The van der Waals surface area contributed by atoms with Crippen molar-refractivity contribution < 1.29 is 0 Å². The highest BCUT2D eigenvalue weighted by Gasteiger charge is 2.28. The van der Waals surface area contributed by atoms with Crippen molar-refractivity contribution in [1.29, 1.82) is 0 Å². The number of rotatable bonds is 4. The van der Waals surface area contributed by atoms with Gasteiger partial charge in [-0.15, -0.1) is 11.3 Å². The van der Waals surface area contributed by atoms with Gasteiger partial charge in [-0.1, -0.05) is 33.1 Å². The standard InChI is InChI=1S/C14H24N2S/c1-3-14(15,4-2)13-16-12(10-17-13)11-8-6-5-7-9-11/h10-11H,3-9,15H2,1-2H3. The molecule has 2 rings (SSSR count). The average Bonchev–Trinajstić information content (AvgIpc) is 2.89. The van der Waals surface area contributed by atoms with E-state index in [1.54, 1.807) is 11.3 Å². The number of hydrogen-bond donors (Lipinski definition) is 1. The van der Waals surface area contributed by atoms with E-state index in [4.69, 9.17) is 10.7 Å². The van der Waals surface area contributed by atoms with Gasteiger partial charge >= 0.3 is 0 Å². The fourth-order valence-corrected chi connectivity index (χ4v) is 3.81. The molecule has 1 saturated carbocycles. The van der Waals surface area contributed by atoms with Gasteiger partial charge in [0.2, 0.25) is 0 Å². The molecule has 0 atom stereocenters. The minimum atomic E-state index is -0.197. The molecule has 1 aromatic heterocycles. The smallest absolute Gasteiger partial charge is 0.113 e. The summed E-state index contributed by atoms with van der Waals surface area (Å²) in [4.78, 5) is 4.84. The van der Waals surface area contributed by atoms with Crippen molar-refractivity contribution in [2.24, 2.45) is 5.73 Å². The second kappa shape index (κ2) is 5.49. The Bertz CT molecular complexity index is 349. The zero-order valence-corrected chi connectivity index (χ0v) is 11.9. The SMILES string of the molecule is CCC(N)(CC)c1nc(C2CCCCC2)cs1. The number of nitrogens with two attached hydrogens (primary N) is 1. The van der Waals surface area contributed by atoms with Crippen LogP contribution in [0.25, 0.3) is 0 Å². The van der Waals surface area contributed by atoms with Crippen molar-refractivity contribution in [3.63, 3.8) is 0 Å². The second-order valence-corrected chi connectivity index (χ2v) is 6.13. The quantitative estimate of drug-likeness (QED) is 0.873. The third-order valence-corrected chi connectivity index (χ3v) is 5.31. The molecule has 0 amide bonds. The molecule has 1 aliphatic carbocycles. The van der Waals surface area contributed by atoms with Crippen molar-refractivity contribution in [3.8, 4) is 0 Å². The fraction of sp³-hybridized carbons (Fsp3) is 0.786. The predicted molar refractivity (Wildman–Crippen MR) is 74.4 cm³/mol. The van der Waals surface area contributed by atoms with Crippen molar-refractivity contribution in [2.45, 2.75) is 70.3 Å². The first-order valence-corrected chi connectivity index (χ1v) is 7.82. The summed E-state index contributed by atoms with van der Waals surface area (Å²) in [7, 11) is 0. The van der Waals surface area contributed by atoms with Crippen molar-refractivity contribution in [1.82, 2.24) is 4.98 Å². The maximum Gasteiger partial charge on any atom is 0.113 e. The van der Waals surface area contributed by atoms with Crippen LogP contribution in [0, 0.1) is 0 Å². The largest absolute Gasteiger partial charge is 0.319 e. The molecule has 17 heavy (non-hydrogen) atoms. The van der Waals surface area contributed by atoms with Crippen LogP contribution in [-0.2, 0) is 5.54 Å².